The van der Waals surface area contributed by atoms with E-state index in [0.29, 0.717) is 5.92 Å². The van der Waals surface area contributed by atoms with E-state index in [1.807, 2.05) is 0 Å². The summed E-state index contributed by atoms with van der Waals surface area (Å²) < 4.78 is 0. The highest BCUT2D eigenvalue weighted by atomic mass is 15.0. The van der Waals surface area contributed by atoms with Crippen molar-refractivity contribution in [1.29, 1.82) is 0 Å². The molecule has 4 unspecified atom stereocenters. The average Bonchev–Trinajstić information content (AvgIpc) is 3.16. The summed E-state index contributed by atoms with van der Waals surface area (Å²) in [6, 6.07) is 0. The Morgan fingerprint density at radius 2 is 1.67 bits per heavy atom. The third-order valence-corrected chi connectivity index (χ3v) is 7.64. The molecule has 1 aliphatic carbocycles. The van der Waals surface area contributed by atoms with Crippen molar-refractivity contribution in [3.8, 4) is 0 Å². The predicted molar refractivity (Wildman–Crippen MR) is 150 cm³/mol. The molecule has 2 nitrogen and oxygen atoms in total. The van der Waals surface area contributed by atoms with Gasteiger partial charge in [0, 0.05) is 12.2 Å². The zero-order valence-corrected chi connectivity index (χ0v) is 23.6. The number of allylic oxidation sites excluding steroid dienone is 5. The van der Waals surface area contributed by atoms with Crippen LogP contribution in [0.5, 0.6) is 0 Å². The molecule has 0 fully saturated rings. The van der Waals surface area contributed by atoms with Gasteiger partial charge < -0.3 is 10.6 Å². The van der Waals surface area contributed by atoms with Crippen LogP contribution in [0, 0.1) is 17.8 Å². The Morgan fingerprint density at radius 1 is 1.00 bits per heavy atom. The highest BCUT2D eigenvalue weighted by molar-refractivity contribution is 5.38. The minimum absolute atomic E-state index is 0.0278. The number of rotatable bonds is 17. The molecule has 0 spiro atoms. The summed E-state index contributed by atoms with van der Waals surface area (Å²) in [7, 11) is 2.07. The van der Waals surface area contributed by atoms with Gasteiger partial charge in [-0.25, -0.2) is 0 Å². The standard InChI is InChI=1S/C31H56N2/c1-10-15-27(23-32-9)20-25(7)19-26(8)30(21-29(13-4)28(12-3)16-11-2)33-31(14-5)18-17-24(6)22-31/h17-18,20,22,27-29,32-33H,10-16,19,21,23H2,1-9H3/b25-20-,30-26+. The quantitative estimate of drug-likeness (QED) is 0.214. The van der Waals surface area contributed by atoms with Crippen molar-refractivity contribution in [1.82, 2.24) is 10.6 Å². The zero-order chi connectivity index (χ0) is 24.9. The largest absolute Gasteiger partial charge is 0.376 e. The van der Waals surface area contributed by atoms with Gasteiger partial charge in [-0.1, -0.05) is 108 Å². The Labute approximate surface area is 207 Å². The SMILES string of the molecule is CCCC(/C=C(/C)C/C(C)=C(\CC(CC)C(CC)CCC)NC1(CC)C=CC(C)=C1)CNC. The lowest BCUT2D eigenvalue weighted by Crippen LogP contribution is -2.40. The lowest BCUT2D eigenvalue weighted by molar-refractivity contribution is 0.282. The molecular weight excluding hydrogens is 400 g/mol. The summed E-state index contributed by atoms with van der Waals surface area (Å²) in [6.45, 7) is 19.7. The fourth-order valence-electron chi connectivity index (χ4n) is 5.70. The van der Waals surface area contributed by atoms with E-state index < -0.39 is 0 Å². The van der Waals surface area contributed by atoms with Gasteiger partial charge in [0.1, 0.15) is 0 Å². The monoisotopic (exact) mass is 456 g/mol. The van der Waals surface area contributed by atoms with Crippen molar-refractivity contribution < 1.29 is 0 Å². The van der Waals surface area contributed by atoms with Crippen LogP contribution in [0.15, 0.2) is 46.7 Å². The van der Waals surface area contributed by atoms with Crippen LogP contribution in [-0.2, 0) is 0 Å². The van der Waals surface area contributed by atoms with Gasteiger partial charge in [0.25, 0.3) is 0 Å². The van der Waals surface area contributed by atoms with Crippen LogP contribution < -0.4 is 10.6 Å². The fraction of sp³-hybridized carbons (Fsp3) is 0.742. The van der Waals surface area contributed by atoms with Gasteiger partial charge in [-0.15, -0.1) is 0 Å². The van der Waals surface area contributed by atoms with Gasteiger partial charge in [-0.3, -0.25) is 0 Å². The van der Waals surface area contributed by atoms with Crippen LogP contribution in [0.4, 0.5) is 0 Å². The Hall–Kier alpha value is -1.28. The summed E-state index contributed by atoms with van der Waals surface area (Å²) in [5.74, 6) is 2.20. The Bertz CT molecular complexity index is 675. The molecule has 0 bridgehead atoms. The van der Waals surface area contributed by atoms with Crippen molar-refractivity contribution >= 4 is 0 Å². The molecule has 2 N–H and O–H groups in total. The molecule has 0 radical (unpaired) electrons. The number of hydrogen-bond acceptors (Lipinski definition) is 2. The third kappa shape index (κ3) is 9.85. The minimum Gasteiger partial charge on any atom is -0.376 e. The highest BCUT2D eigenvalue weighted by Gasteiger charge is 2.28. The van der Waals surface area contributed by atoms with E-state index in [4.69, 9.17) is 0 Å². The first-order chi connectivity index (χ1) is 15.8. The van der Waals surface area contributed by atoms with Crippen molar-refractivity contribution in [2.24, 2.45) is 17.8 Å². The maximum atomic E-state index is 4.08. The van der Waals surface area contributed by atoms with Crippen LogP contribution in [0.1, 0.15) is 113 Å². The van der Waals surface area contributed by atoms with E-state index in [1.54, 1.807) is 0 Å². The smallest absolute Gasteiger partial charge is 0.0743 e. The van der Waals surface area contributed by atoms with E-state index in [2.05, 4.69) is 97.4 Å². The van der Waals surface area contributed by atoms with Crippen LogP contribution in [0.2, 0.25) is 0 Å². The molecule has 1 rings (SSSR count). The van der Waals surface area contributed by atoms with E-state index >= 15 is 0 Å². The highest BCUT2D eigenvalue weighted by Crippen LogP contribution is 2.34. The second-order valence-electron chi connectivity index (χ2n) is 10.6. The minimum atomic E-state index is -0.0278. The molecule has 0 saturated heterocycles. The first-order valence-electron chi connectivity index (χ1n) is 13.9. The van der Waals surface area contributed by atoms with Gasteiger partial charge in [0.15, 0.2) is 0 Å². The maximum Gasteiger partial charge on any atom is 0.0743 e. The summed E-state index contributed by atoms with van der Waals surface area (Å²) in [6.07, 6.45) is 20.6. The van der Waals surface area contributed by atoms with Crippen LogP contribution in [0.25, 0.3) is 0 Å². The van der Waals surface area contributed by atoms with Crippen LogP contribution in [0.3, 0.4) is 0 Å². The van der Waals surface area contributed by atoms with Crippen LogP contribution in [-0.4, -0.2) is 19.1 Å². The normalized spacial score (nSPS) is 22.1. The molecule has 0 aliphatic heterocycles. The van der Waals surface area contributed by atoms with Crippen LogP contribution >= 0.6 is 0 Å². The predicted octanol–water partition coefficient (Wildman–Crippen LogP) is 8.73. The second-order valence-corrected chi connectivity index (χ2v) is 10.6. The van der Waals surface area contributed by atoms with E-state index in [9.17, 15) is 0 Å². The van der Waals surface area contributed by atoms with Gasteiger partial charge >= 0.3 is 0 Å². The van der Waals surface area contributed by atoms with Gasteiger partial charge in [0.05, 0.1) is 5.54 Å². The summed E-state index contributed by atoms with van der Waals surface area (Å²) in [5.41, 5.74) is 5.86. The van der Waals surface area contributed by atoms with Gasteiger partial charge in [-0.05, 0) is 71.3 Å². The molecule has 1 aliphatic rings. The topological polar surface area (TPSA) is 24.1 Å². The lowest BCUT2D eigenvalue weighted by atomic mass is 9.80. The summed E-state index contributed by atoms with van der Waals surface area (Å²) in [4.78, 5) is 0. The molecule has 4 atom stereocenters. The lowest BCUT2D eigenvalue weighted by Gasteiger charge is -2.33. The molecular formula is C31H56N2. The molecule has 0 aromatic carbocycles. The number of hydrogen-bond donors (Lipinski definition) is 2. The maximum absolute atomic E-state index is 4.08. The zero-order valence-electron chi connectivity index (χ0n) is 23.6. The first-order valence-corrected chi connectivity index (χ1v) is 13.9. The molecule has 2 heteroatoms. The molecule has 0 amide bonds. The van der Waals surface area contributed by atoms with Crippen molar-refractivity contribution in [3.05, 3.63) is 46.7 Å². The Morgan fingerprint density at radius 3 is 2.15 bits per heavy atom. The van der Waals surface area contributed by atoms with E-state index in [0.717, 1.165) is 31.2 Å². The Kier molecular flexibility index (Phi) is 14.1. The first kappa shape index (κ1) is 29.8. The van der Waals surface area contributed by atoms with E-state index in [1.165, 1.54) is 67.4 Å². The Balaban J connectivity index is 3.25. The van der Waals surface area contributed by atoms with Crippen molar-refractivity contribution in [3.63, 3.8) is 0 Å². The molecule has 33 heavy (non-hydrogen) atoms. The number of nitrogens with one attached hydrogen (secondary N) is 2. The summed E-state index contributed by atoms with van der Waals surface area (Å²) in [5, 5.41) is 7.46. The van der Waals surface area contributed by atoms with E-state index in [-0.39, 0.29) is 5.54 Å². The second kappa shape index (κ2) is 15.6. The molecule has 0 heterocycles. The molecule has 190 valence electrons. The van der Waals surface area contributed by atoms with Crippen molar-refractivity contribution in [2.45, 2.75) is 119 Å². The fourth-order valence-corrected chi connectivity index (χ4v) is 5.70. The average molecular weight is 457 g/mol. The van der Waals surface area contributed by atoms with Gasteiger partial charge in [-0.2, -0.15) is 0 Å². The van der Waals surface area contributed by atoms with Crippen molar-refractivity contribution in [2.75, 3.05) is 13.6 Å². The van der Waals surface area contributed by atoms with Gasteiger partial charge in [0.2, 0.25) is 0 Å². The summed E-state index contributed by atoms with van der Waals surface area (Å²) >= 11 is 0. The third-order valence-electron chi connectivity index (χ3n) is 7.64. The molecule has 0 aromatic rings. The molecule has 0 saturated carbocycles. The molecule has 0 aromatic heterocycles.